The summed E-state index contributed by atoms with van der Waals surface area (Å²) in [5.74, 6) is -1.73. The highest BCUT2D eigenvalue weighted by molar-refractivity contribution is 5.81. The predicted molar refractivity (Wildman–Crippen MR) is 82.9 cm³/mol. The molecule has 0 aliphatic carbocycles. The van der Waals surface area contributed by atoms with Crippen LogP contribution in [0.4, 0.5) is 13.2 Å². The van der Waals surface area contributed by atoms with Gasteiger partial charge in [0.1, 0.15) is 0 Å². The van der Waals surface area contributed by atoms with Crippen molar-refractivity contribution in [1.29, 1.82) is 0 Å². The Morgan fingerprint density at radius 3 is 2.48 bits per heavy atom. The Bertz CT molecular complexity index is 615. The summed E-state index contributed by atoms with van der Waals surface area (Å²) in [6, 6.07) is 4.75. The number of carbonyl (C=O) groups is 2. The number of morpholine rings is 1. The summed E-state index contributed by atoms with van der Waals surface area (Å²) in [4.78, 5) is 25.1. The predicted octanol–water partition coefficient (Wildman–Crippen LogP) is 2.59. The lowest BCUT2D eigenvalue weighted by Gasteiger charge is -2.33. The fraction of sp³-hybridized carbons (Fsp3) is 0.529. The van der Waals surface area contributed by atoms with Gasteiger partial charge in [0.05, 0.1) is 18.7 Å². The fourth-order valence-corrected chi connectivity index (χ4v) is 2.78. The molecule has 0 spiro atoms. The third-order valence-electron chi connectivity index (χ3n) is 4.26. The molecule has 2 unspecified atom stereocenters. The van der Waals surface area contributed by atoms with Crippen molar-refractivity contribution in [2.75, 3.05) is 19.7 Å². The van der Waals surface area contributed by atoms with Crippen molar-refractivity contribution in [3.8, 4) is 0 Å². The summed E-state index contributed by atoms with van der Waals surface area (Å²) in [5, 5.41) is 9.01. The van der Waals surface area contributed by atoms with Crippen LogP contribution in [0, 0.1) is 5.92 Å². The van der Waals surface area contributed by atoms with Crippen LogP contribution in [0.3, 0.4) is 0 Å². The van der Waals surface area contributed by atoms with Gasteiger partial charge in [0.25, 0.3) is 0 Å². The Kier molecular flexibility index (Phi) is 6.05. The first-order chi connectivity index (χ1) is 11.7. The van der Waals surface area contributed by atoms with E-state index in [0.29, 0.717) is 24.9 Å². The SMILES string of the molecule is CCC(Cc1ccc(C(F)(F)F)cc1)C(=O)N1CCOC(C(=O)O)C1. The third-order valence-corrected chi connectivity index (χ3v) is 4.26. The maximum Gasteiger partial charge on any atom is 0.416 e. The van der Waals surface area contributed by atoms with E-state index >= 15 is 0 Å². The molecule has 1 heterocycles. The average Bonchev–Trinajstić information content (AvgIpc) is 2.58. The van der Waals surface area contributed by atoms with Crippen LogP contribution in [-0.4, -0.2) is 47.7 Å². The second kappa shape index (κ2) is 7.86. The summed E-state index contributed by atoms with van der Waals surface area (Å²) >= 11 is 0. The number of carboxylic acid groups (broad SMARTS) is 1. The van der Waals surface area contributed by atoms with Gasteiger partial charge in [-0.05, 0) is 30.5 Å². The lowest BCUT2D eigenvalue weighted by molar-refractivity contribution is -0.160. The van der Waals surface area contributed by atoms with Crippen LogP contribution in [0.25, 0.3) is 0 Å². The largest absolute Gasteiger partial charge is 0.479 e. The molecule has 0 aromatic heterocycles. The standard InChI is InChI=1S/C17H20F3NO4/c1-2-12(9-11-3-5-13(6-4-11)17(18,19)20)15(22)21-7-8-25-14(10-21)16(23)24/h3-6,12,14H,2,7-10H2,1H3,(H,23,24). The molecule has 1 aromatic rings. The summed E-state index contributed by atoms with van der Waals surface area (Å²) in [6.07, 6.45) is -4.61. The molecular weight excluding hydrogens is 339 g/mol. The summed E-state index contributed by atoms with van der Waals surface area (Å²) in [5.41, 5.74) is -0.0932. The molecule has 5 nitrogen and oxygen atoms in total. The molecule has 25 heavy (non-hydrogen) atoms. The zero-order valence-corrected chi connectivity index (χ0v) is 13.8. The number of rotatable bonds is 5. The molecule has 0 bridgehead atoms. The smallest absolute Gasteiger partial charge is 0.416 e. The number of hydrogen-bond donors (Lipinski definition) is 1. The number of carboxylic acids is 1. The molecular formula is C17H20F3NO4. The van der Waals surface area contributed by atoms with E-state index in [1.807, 2.05) is 6.92 Å². The molecule has 1 amide bonds. The van der Waals surface area contributed by atoms with Crippen LogP contribution >= 0.6 is 0 Å². The van der Waals surface area contributed by atoms with Gasteiger partial charge in [-0.1, -0.05) is 19.1 Å². The van der Waals surface area contributed by atoms with E-state index in [0.717, 1.165) is 12.1 Å². The van der Waals surface area contributed by atoms with Crippen molar-refractivity contribution >= 4 is 11.9 Å². The summed E-state index contributed by atoms with van der Waals surface area (Å²) in [6.45, 7) is 2.27. The van der Waals surface area contributed by atoms with Crippen molar-refractivity contribution in [1.82, 2.24) is 4.90 Å². The molecule has 0 saturated carbocycles. The minimum atomic E-state index is -4.39. The molecule has 1 N–H and O–H groups in total. The normalized spacial score (nSPS) is 19.5. The highest BCUT2D eigenvalue weighted by Gasteiger charge is 2.32. The molecule has 1 saturated heterocycles. The first-order valence-electron chi connectivity index (χ1n) is 8.01. The van der Waals surface area contributed by atoms with E-state index in [1.54, 1.807) is 0 Å². The van der Waals surface area contributed by atoms with E-state index in [4.69, 9.17) is 9.84 Å². The lowest BCUT2D eigenvalue weighted by Crippen LogP contribution is -2.50. The number of halogens is 3. The highest BCUT2D eigenvalue weighted by Crippen LogP contribution is 2.29. The Morgan fingerprint density at radius 1 is 1.32 bits per heavy atom. The summed E-state index contributed by atoms with van der Waals surface area (Å²) < 4.78 is 42.9. The molecule has 1 aliphatic heterocycles. The van der Waals surface area contributed by atoms with Crippen molar-refractivity contribution in [3.05, 3.63) is 35.4 Å². The van der Waals surface area contributed by atoms with Crippen molar-refractivity contribution in [2.45, 2.75) is 32.0 Å². The van der Waals surface area contributed by atoms with Gasteiger partial charge in [-0.2, -0.15) is 13.2 Å². The number of benzene rings is 1. The van der Waals surface area contributed by atoms with Crippen LogP contribution in [0.1, 0.15) is 24.5 Å². The van der Waals surface area contributed by atoms with E-state index in [-0.39, 0.29) is 19.1 Å². The first-order valence-corrected chi connectivity index (χ1v) is 8.01. The van der Waals surface area contributed by atoms with Crippen LogP contribution in [0.15, 0.2) is 24.3 Å². The molecule has 2 rings (SSSR count). The van der Waals surface area contributed by atoms with Gasteiger partial charge in [-0.25, -0.2) is 4.79 Å². The number of alkyl halides is 3. The van der Waals surface area contributed by atoms with Gasteiger partial charge in [-0.15, -0.1) is 0 Å². The zero-order valence-electron chi connectivity index (χ0n) is 13.8. The monoisotopic (exact) mass is 359 g/mol. The maximum absolute atomic E-state index is 12.6. The van der Waals surface area contributed by atoms with Gasteiger partial charge >= 0.3 is 12.1 Å². The van der Waals surface area contributed by atoms with Crippen molar-refractivity contribution in [2.24, 2.45) is 5.92 Å². The van der Waals surface area contributed by atoms with Gasteiger partial charge in [-0.3, -0.25) is 4.79 Å². The van der Waals surface area contributed by atoms with E-state index in [1.165, 1.54) is 17.0 Å². The molecule has 2 atom stereocenters. The Hall–Kier alpha value is -2.09. The van der Waals surface area contributed by atoms with E-state index in [2.05, 4.69) is 0 Å². The minimum Gasteiger partial charge on any atom is -0.479 e. The van der Waals surface area contributed by atoms with Gasteiger partial charge in [0.2, 0.25) is 5.91 Å². The highest BCUT2D eigenvalue weighted by atomic mass is 19.4. The maximum atomic E-state index is 12.6. The minimum absolute atomic E-state index is 0.0162. The zero-order chi connectivity index (χ0) is 18.6. The first kappa shape index (κ1) is 19.2. The van der Waals surface area contributed by atoms with E-state index in [9.17, 15) is 22.8 Å². The molecule has 1 aromatic carbocycles. The number of ether oxygens (including phenoxy) is 1. The Balaban J connectivity index is 2.03. The topological polar surface area (TPSA) is 66.8 Å². The third kappa shape index (κ3) is 4.94. The van der Waals surface area contributed by atoms with Crippen molar-refractivity contribution < 1.29 is 32.6 Å². The average molecular weight is 359 g/mol. The van der Waals surface area contributed by atoms with Crippen molar-refractivity contribution in [3.63, 3.8) is 0 Å². The second-order valence-electron chi connectivity index (χ2n) is 5.99. The fourth-order valence-electron chi connectivity index (χ4n) is 2.78. The lowest BCUT2D eigenvalue weighted by atomic mass is 9.94. The Morgan fingerprint density at radius 2 is 1.96 bits per heavy atom. The van der Waals surface area contributed by atoms with Crippen LogP contribution in [0.5, 0.6) is 0 Å². The molecule has 138 valence electrons. The number of aliphatic carboxylic acids is 1. The van der Waals surface area contributed by atoms with Gasteiger partial charge in [0, 0.05) is 12.5 Å². The quantitative estimate of drug-likeness (QED) is 0.878. The van der Waals surface area contributed by atoms with Crippen LogP contribution in [0.2, 0.25) is 0 Å². The Labute approximate surface area is 143 Å². The molecule has 8 heteroatoms. The van der Waals surface area contributed by atoms with Crippen LogP contribution < -0.4 is 0 Å². The molecule has 1 aliphatic rings. The molecule has 0 radical (unpaired) electrons. The number of amides is 1. The van der Waals surface area contributed by atoms with Crippen LogP contribution in [-0.2, 0) is 26.9 Å². The number of hydrogen-bond acceptors (Lipinski definition) is 3. The van der Waals surface area contributed by atoms with E-state index < -0.39 is 29.7 Å². The number of nitrogens with zero attached hydrogens (tertiary/aromatic N) is 1. The number of carbonyl (C=O) groups excluding carboxylic acids is 1. The van der Waals surface area contributed by atoms with Gasteiger partial charge in [0.15, 0.2) is 6.10 Å². The molecule has 1 fully saturated rings. The summed E-state index contributed by atoms with van der Waals surface area (Å²) in [7, 11) is 0. The van der Waals surface area contributed by atoms with Gasteiger partial charge < -0.3 is 14.7 Å². The second-order valence-corrected chi connectivity index (χ2v) is 5.99.